The number of carbonyl (C=O) groups excluding carboxylic acids is 2. The Labute approximate surface area is 209 Å². The average molecular weight is 488 g/mol. The maximum atomic E-state index is 13.7. The molecule has 0 spiro atoms. The standard InChI is InChI=1S/C28H29N3O3S/c1-17-7-10-21(15-18(17)2)26-25(30-19(3)35-26)28(33)31(16-20-8-9-20)13-12-29-27(32)23-5-4-6-24-22(23)11-14-34-24/h4-7,10-11,14-15,20H,8-9,12-13,16H2,1-3H3,(H,29,32). The van der Waals surface area contributed by atoms with Crippen molar-refractivity contribution in [1.29, 1.82) is 0 Å². The van der Waals surface area contributed by atoms with Crippen LogP contribution in [-0.2, 0) is 0 Å². The second-order valence-electron chi connectivity index (χ2n) is 9.30. The van der Waals surface area contributed by atoms with Crippen LogP contribution in [0.4, 0.5) is 0 Å². The Morgan fingerprint density at radius 2 is 1.94 bits per heavy atom. The largest absolute Gasteiger partial charge is 0.464 e. The lowest BCUT2D eigenvalue weighted by Gasteiger charge is -2.22. The minimum Gasteiger partial charge on any atom is -0.464 e. The molecule has 6 nitrogen and oxygen atoms in total. The molecule has 2 aromatic heterocycles. The molecule has 1 saturated carbocycles. The van der Waals surface area contributed by atoms with Crippen LogP contribution in [0.2, 0.25) is 0 Å². The summed E-state index contributed by atoms with van der Waals surface area (Å²) >= 11 is 1.55. The molecule has 0 saturated heterocycles. The quantitative estimate of drug-likeness (QED) is 0.343. The second kappa shape index (κ2) is 9.66. The first-order chi connectivity index (χ1) is 16.9. The van der Waals surface area contributed by atoms with Gasteiger partial charge in [0.25, 0.3) is 11.8 Å². The van der Waals surface area contributed by atoms with Gasteiger partial charge in [-0.25, -0.2) is 4.98 Å². The number of furan rings is 1. The van der Waals surface area contributed by atoms with E-state index < -0.39 is 0 Å². The number of carbonyl (C=O) groups is 2. The molecule has 1 N–H and O–H groups in total. The molecule has 2 aromatic carbocycles. The van der Waals surface area contributed by atoms with Crippen molar-refractivity contribution in [3.63, 3.8) is 0 Å². The fourth-order valence-corrected chi connectivity index (χ4v) is 5.19. The van der Waals surface area contributed by atoms with Gasteiger partial charge in [0.2, 0.25) is 0 Å². The summed E-state index contributed by atoms with van der Waals surface area (Å²) in [6.07, 6.45) is 3.86. The van der Waals surface area contributed by atoms with E-state index in [9.17, 15) is 9.59 Å². The first kappa shape index (κ1) is 23.3. The molecule has 7 heteroatoms. The van der Waals surface area contributed by atoms with Gasteiger partial charge in [0.15, 0.2) is 0 Å². The predicted octanol–water partition coefficient (Wildman–Crippen LogP) is 5.76. The molecular formula is C28H29N3O3S. The number of hydrogen-bond acceptors (Lipinski definition) is 5. The van der Waals surface area contributed by atoms with E-state index >= 15 is 0 Å². The Hall–Kier alpha value is -3.45. The maximum absolute atomic E-state index is 13.7. The van der Waals surface area contributed by atoms with Crippen molar-refractivity contribution >= 4 is 34.1 Å². The van der Waals surface area contributed by atoms with Gasteiger partial charge in [-0.15, -0.1) is 11.3 Å². The number of amides is 2. The van der Waals surface area contributed by atoms with E-state index in [0.29, 0.717) is 42.4 Å². The van der Waals surface area contributed by atoms with Gasteiger partial charge in [0.1, 0.15) is 11.3 Å². The van der Waals surface area contributed by atoms with Gasteiger partial charge in [-0.05, 0) is 74.4 Å². The summed E-state index contributed by atoms with van der Waals surface area (Å²) in [4.78, 5) is 33.9. The molecule has 0 unspecified atom stereocenters. The van der Waals surface area contributed by atoms with Crippen LogP contribution < -0.4 is 5.32 Å². The predicted molar refractivity (Wildman–Crippen MR) is 139 cm³/mol. The van der Waals surface area contributed by atoms with Gasteiger partial charge in [-0.3, -0.25) is 9.59 Å². The Morgan fingerprint density at radius 3 is 2.71 bits per heavy atom. The SMILES string of the molecule is Cc1nc(C(=O)N(CCNC(=O)c2cccc3occc23)CC2CC2)c(-c2ccc(C)c(C)c2)s1. The number of nitrogens with zero attached hydrogens (tertiary/aromatic N) is 2. The summed E-state index contributed by atoms with van der Waals surface area (Å²) in [5, 5.41) is 4.64. The number of nitrogens with one attached hydrogen (secondary N) is 1. The maximum Gasteiger partial charge on any atom is 0.274 e. The normalized spacial score (nSPS) is 13.2. The van der Waals surface area contributed by atoms with Crippen molar-refractivity contribution in [3.05, 3.63) is 76.1 Å². The summed E-state index contributed by atoms with van der Waals surface area (Å²) in [7, 11) is 0. The Kier molecular flexibility index (Phi) is 6.43. The van der Waals surface area contributed by atoms with Crippen molar-refractivity contribution in [2.45, 2.75) is 33.6 Å². The minimum atomic E-state index is -0.170. The van der Waals surface area contributed by atoms with Crippen LogP contribution in [0, 0.1) is 26.7 Å². The summed E-state index contributed by atoms with van der Waals surface area (Å²) in [6, 6.07) is 13.5. The zero-order valence-electron chi connectivity index (χ0n) is 20.3. The third-order valence-corrected chi connectivity index (χ3v) is 7.60. The monoisotopic (exact) mass is 487 g/mol. The van der Waals surface area contributed by atoms with Crippen molar-refractivity contribution in [3.8, 4) is 10.4 Å². The number of benzene rings is 2. The van der Waals surface area contributed by atoms with Crippen LogP contribution in [0.25, 0.3) is 21.4 Å². The van der Waals surface area contributed by atoms with Gasteiger partial charge >= 0.3 is 0 Å². The average Bonchev–Trinajstić information content (AvgIpc) is 3.37. The molecule has 180 valence electrons. The van der Waals surface area contributed by atoms with E-state index in [1.54, 1.807) is 29.7 Å². The smallest absolute Gasteiger partial charge is 0.274 e. The van der Waals surface area contributed by atoms with Gasteiger partial charge in [-0.2, -0.15) is 0 Å². The highest BCUT2D eigenvalue weighted by atomic mass is 32.1. The lowest BCUT2D eigenvalue weighted by molar-refractivity contribution is 0.0737. The topological polar surface area (TPSA) is 75.4 Å². The van der Waals surface area contributed by atoms with E-state index in [1.807, 2.05) is 24.0 Å². The van der Waals surface area contributed by atoms with Crippen LogP contribution in [0.1, 0.15) is 49.8 Å². The van der Waals surface area contributed by atoms with E-state index in [-0.39, 0.29) is 11.8 Å². The molecule has 5 rings (SSSR count). The molecule has 0 bridgehead atoms. The van der Waals surface area contributed by atoms with Gasteiger partial charge in [0, 0.05) is 25.0 Å². The number of rotatable bonds is 8. The molecule has 1 fully saturated rings. The number of thiazole rings is 1. The third-order valence-electron chi connectivity index (χ3n) is 6.58. The lowest BCUT2D eigenvalue weighted by Crippen LogP contribution is -2.40. The van der Waals surface area contributed by atoms with E-state index in [0.717, 1.165) is 33.7 Å². The minimum absolute atomic E-state index is 0.0688. The Bertz CT molecular complexity index is 1400. The Balaban J connectivity index is 1.33. The molecule has 0 aliphatic heterocycles. The summed E-state index contributed by atoms with van der Waals surface area (Å²) in [6.45, 7) is 7.60. The van der Waals surface area contributed by atoms with Gasteiger partial charge in [-0.1, -0.05) is 24.3 Å². The summed E-state index contributed by atoms with van der Waals surface area (Å²) in [5.41, 5.74) is 5.20. The van der Waals surface area contributed by atoms with Crippen molar-refractivity contribution in [2.75, 3.05) is 19.6 Å². The van der Waals surface area contributed by atoms with Crippen LogP contribution in [0.5, 0.6) is 0 Å². The van der Waals surface area contributed by atoms with Crippen molar-refractivity contribution in [1.82, 2.24) is 15.2 Å². The molecule has 0 radical (unpaired) electrons. The van der Waals surface area contributed by atoms with Crippen molar-refractivity contribution < 1.29 is 14.0 Å². The lowest BCUT2D eigenvalue weighted by atomic mass is 10.0. The van der Waals surface area contributed by atoms with E-state index in [2.05, 4.69) is 42.3 Å². The second-order valence-corrected chi connectivity index (χ2v) is 10.5. The van der Waals surface area contributed by atoms with E-state index in [1.165, 1.54) is 11.1 Å². The van der Waals surface area contributed by atoms with Crippen molar-refractivity contribution in [2.24, 2.45) is 5.92 Å². The number of fused-ring (bicyclic) bond motifs is 1. The Morgan fingerprint density at radius 1 is 1.11 bits per heavy atom. The zero-order chi connectivity index (χ0) is 24.5. The molecule has 2 amide bonds. The first-order valence-corrected chi connectivity index (χ1v) is 12.8. The summed E-state index contributed by atoms with van der Waals surface area (Å²) < 4.78 is 5.41. The fraction of sp³-hybridized carbons (Fsp3) is 0.321. The molecule has 1 aliphatic rings. The molecule has 0 atom stereocenters. The highest BCUT2D eigenvalue weighted by Crippen LogP contribution is 2.34. The van der Waals surface area contributed by atoms with Crippen LogP contribution in [0.3, 0.4) is 0 Å². The highest BCUT2D eigenvalue weighted by Gasteiger charge is 2.30. The van der Waals surface area contributed by atoms with Crippen LogP contribution >= 0.6 is 11.3 Å². The van der Waals surface area contributed by atoms with Gasteiger partial charge in [0.05, 0.1) is 21.7 Å². The number of aromatic nitrogens is 1. The number of hydrogen-bond donors (Lipinski definition) is 1. The fourth-order valence-electron chi connectivity index (χ4n) is 4.28. The first-order valence-electron chi connectivity index (χ1n) is 12.0. The molecule has 2 heterocycles. The molecule has 4 aromatic rings. The van der Waals surface area contributed by atoms with Crippen LogP contribution in [-0.4, -0.2) is 41.3 Å². The molecule has 1 aliphatic carbocycles. The van der Waals surface area contributed by atoms with Gasteiger partial charge < -0.3 is 14.6 Å². The molecule has 35 heavy (non-hydrogen) atoms. The molecular weight excluding hydrogens is 458 g/mol. The summed E-state index contributed by atoms with van der Waals surface area (Å²) in [5.74, 6) is 0.288. The highest BCUT2D eigenvalue weighted by molar-refractivity contribution is 7.15. The van der Waals surface area contributed by atoms with Crippen LogP contribution in [0.15, 0.2) is 53.1 Å². The number of aryl methyl sites for hydroxylation is 3. The van der Waals surface area contributed by atoms with E-state index in [4.69, 9.17) is 4.42 Å². The zero-order valence-corrected chi connectivity index (χ0v) is 21.1. The third kappa shape index (κ3) is 5.00.